The van der Waals surface area contributed by atoms with E-state index in [4.69, 9.17) is 10.1 Å². The average Bonchev–Trinajstić information content (AvgIpc) is 3.23. The van der Waals surface area contributed by atoms with E-state index in [0.29, 0.717) is 16.8 Å². The number of rotatable bonds is 3. The molecule has 2 aromatic heterocycles. The molecule has 0 aliphatic rings. The molecule has 0 bridgehead atoms. The molecule has 2 heterocycles. The lowest BCUT2D eigenvalue weighted by Gasteiger charge is -2.19. The third-order valence-corrected chi connectivity index (χ3v) is 6.64. The second kappa shape index (κ2) is 8.89. The highest BCUT2D eigenvalue weighted by molar-refractivity contribution is 9.10. The number of hydrogen-bond donors (Lipinski definition) is 0. The minimum Gasteiger partial charge on any atom is -0.228 e. The summed E-state index contributed by atoms with van der Waals surface area (Å²) in [5, 5.41) is 4.67. The average molecular weight is 550 g/mol. The van der Waals surface area contributed by atoms with Crippen LogP contribution < -0.4 is 0 Å². The predicted molar refractivity (Wildman–Crippen MR) is 141 cm³/mol. The van der Waals surface area contributed by atoms with E-state index in [2.05, 4.69) is 36.7 Å². The Morgan fingerprint density at radius 1 is 0.778 bits per heavy atom. The van der Waals surface area contributed by atoms with Crippen molar-refractivity contribution in [2.24, 2.45) is 0 Å². The normalized spacial score (nSPS) is 12.3. The monoisotopic (exact) mass is 549 g/mol. The largest absolute Gasteiger partial charge is 0.417 e. The molecule has 0 saturated heterocycles. The smallest absolute Gasteiger partial charge is 0.228 e. The van der Waals surface area contributed by atoms with Crippen LogP contribution in [0.25, 0.3) is 39.2 Å². The van der Waals surface area contributed by atoms with Gasteiger partial charge in [-0.05, 0) is 41.3 Å². The van der Waals surface area contributed by atoms with E-state index in [0.717, 1.165) is 16.1 Å². The number of aromatic nitrogens is 3. The van der Waals surface area contributed by atoms with E-state index < -0.39 is 11.7 Å². The highest BCUT2D eigenvalue weighted by Crippen LogP contribution is 2.42. The van der Waals surface area contributed by atoms with Crippen molar-refractivity contribution >= 4 is 27.0 Å². The fourth-order valence-electron chi connectivity index (χ4n) is 4.19. The van der Waals surface area contributed by atoms with Gasteiger partial charge < -0.3 is 0 Å². The molecule has 0 unspecified atom stereocenters. The molecule has 0 amide bonds. The highest BCUT2D eigenvalue weighted by atomic mass is 79.9. The Morgan fingerprint density at radius 2 is 1.39 bits per heavy atom. The molecule has 0 spiro atoms. The Bertz CT molecular complexity index is 1530. The second-order valence-corrected chi connectivity index (χ2v) is 10.6. The van der Waals surface area contributed by atoms with Gasteiger partial charge in [0.05, 0.1) is 22.3 Å². The van der Waals surface area contributed by atoms with Gasteiger partial charge in [-0.3, -0.25) is 0 Å². The molecule has 0 aliphatic heterocycles. The van der Waals surface area contributed by atoms with E-state index in [-0.39, 0.29) is 27.8 Å². The van der Waals surface area contributed by atoms with Crippen LogP contribution in [0.15, 0.2) is 89.4 Å². The maximum atomic E-state index is 14.5. The summed E-state index contributed by atoms with van der Waals surface area (Å²) in [7, 11) is 0. The Balaban J connectivity index is 1.84. The Labute approximate surface area is 215 Å². The van der Waals surface area contributed by atoms with Gasteiger partial charge in [0.1, 0.15) is 5.69 Å². The number of nitrogens with zero attached hydrogens (tertiary/aromatic N) is 3. The first-order valence-corrected chi connectivity index (χ1v) is 12.2. The molecule has 5 aromatic rings. The van der Waals surface area contributed by atoms with Crippen LogP contribution in [0.3, 0.4) is 0 Å². The number of halogens is 4. The molecule has 0 aliphatic carbocycles. The third-order valence-electron chi connectivity index (χ3n) is 6.11. The van der Waals surface area contributed by atoms with Gasteiger partial charge in [-0.2, -0.15) is 18.3 Å². The van der Waals surface area contributed by atoms with Gasteiger partial charge in [0.15, 0.2) is 5.65 Å². The topological polar surface area (TPSA) is 30.7 Å². The van der Waals surface area contributed by atoms with Crippen molar-refractivity contribution in [2.75, 3.05) is 0 Å². The van der Waals surface area contributed by atoms with Gasteiger partial charge in [0, 0.05) is 15.6 Å². The lowest BCUT2D eigenvalue weighted by Crippen LogP contribution is -2.10. The minimum atomic E-state index is -4.60. The predicted octanol–water partition coefficient (Wildman–Crippen LogP) is 8.83. The number of alkyl halides is 3. The molecule has 0 fully saturated rings. The molecule has 3 nitrogen and oxygen atoms in total. The van der Waals surface area contributed by atoms with Crippen LogP contribution in [-0.4, -0.2) is 14.8 Å². The van der Waals surface area contributed by atoms with Gasteiger partial charge >= 0.3 is 6.18 Å². The standard InChI is InChI=1S/C29H23BrF3N3/c1-28(2,3)20-13-9-19(10-14-20)26-25-23(29(31,32)33)17-24(18-11-15-21(30)16-12-18)34-27(25)36(35-26)22-7-5-4-6-8-22/h4-17H,1-3H3. The number of para-hydroxylation sites is 1. The van der Waals surface area contributed by atoms with Crippen LogP contribution in [0.4, 0.5) is 13.2 Å². The van der Waals surface area contributed by atoms with Crippen molar-refractivity contribution in [3.63, 3.8) is 0 Å². The van der Waals surface area contributed by atoms with E-state index in [1.54, 1.807) is 36.4 Å². The van der Waals surface area contributed by atoms with Gasteiger partial charge in [-0.15, -0.1) is 0 Å². The van der Waals surface area contributed by atoms with Crippen LogP contribution in [0.1, 0.15) is 31.9 Å². The zero-order valence-corrected chi connectivity index (χ0v) is 21.5. The summed E-state index contributed by atoms with van der Waals surface area (Å²) < 4.78 is 45.9. The number of hydrogen-bond acceptors (Lipinski definition) is 2. The van der Waals surface area contributed by atoms with Crippen molar-refractivity contribution in [3.05, 3.63) is 101 Å². The van der Waals surface area contributed by atoms with Gasteiger partial charge in [0.2, 0.25) is 0 Å². The molecule has 182 valence electrons. The first-order valence-electron chi connectivity index (χ1n) is 11.5. The molecule has 0 radical (unpaired) electrons. The van der Waals surface area contributed by atoms with Crippen molar-refractivity contribution in [3.8, 4) is 28.2 Å². The Kier molecular flexibility index (Phi) is 5.99. The first-order chi connectivity index (χ1) is 17.0. The number of pyridine rings is 1. The summed E-state index contributed by atoms with van der Waals surface area (Å²) in [5.41, 5.74) is 2.70. The maximum Gasteiger partial charge on any atom is 0.417 e. The molecule has 0 atom stereocenters. The van der Waals surface area contributed by atoms with Crippen LogP contribution >= 0.6 is 15.9 Å². The van der Waals surface area contributed by atoms with E-state index in [1.807, 2.05) is 42.5 Å². The molecule has 7 heteroatoms. The van der Waals surface area contributed by atoms with E-state index >= 15 is 0 Å². The van der Waals surface area contributed by atoms with Gasteiger partial charge in [-0.1, -0.05) is 91.3 Å². The van der Waals surface area contributed by atoms with Gasteiger partial charge in [0.25, 0.3) is 0 Å². The lowest BCUT2D eigenvalue weighted by atomic mass is 9.86. The maximum absolute atomic E-state index is 14.5. The lowest BCUT2D eigenvalue weighted by molar-refractivity contribution is -0.136. The fourth-order valence-corrected chi connectivity index (χ4v) is 4.45. The minimum absolute atomic E-state index is 0.0178. The molecule has 3 aromatic carbocycles. The Hall–Kier alpha value is -3.45. The van der Waals surface area contributed by atoms with Crippen LogP contribution in [0.2, 0.25) is 0 Å². The summed E-state index contributed by atoms with van der Waals surface area (Å²) in [6.07, 6.45) is -4.60. The van der Waals surface area contributed by atoms with Gasteiger partial charge in [-0.25, -0.2) is 9.67 Å². The van der Waals surface area contributed by atoms with E-state index in [9.17, 15) is 13.2 Å². The quantitative estimate of drug-likeness (QED) is 0.225. The molecule has 0 saturated carbocycles. The summed E-state index contributed by atoms with van der Waals surface area (Å²) in [4.78, 5) is 4.71. The van der Waals surface area contributed by atoms with Crippen LogP contribution in [0, 0.1) is 0 Å². The molecule has 36 heavy (non-hydrogen) atoms. The summed E-state index contributed by atoms with van der Waals surface area (Å²) in [5.74, 6) is 0. The molecule has 0 N–H and O–H groups in total. The van der Waals surface area contributed by atoms with Crippen molar-refractivity contribution in [2.45, 2.75) is 32.4 Å². The summed E-state index contributed by atoms with van der Waals surface area (Å²) in [6, 6.07) is 24.8. The van der Waals surface area contributed by atoms with Crippen molar-refractivity contribution in [1.29, 1.82) is 0 Å². The summed E-state index contributed by atoms with van der Waals surface area (Å²) in [6.45, 7) is 6.28. The highest BCUT2D eigenvalue weighted by Gasteiger charge is 2.36. The number of benzene rings is 3. The molecular weight excluding hydrogens is 527 g/mol. The van der Waals surface area contributed by atoms with Crippen LogP contribution in [0.5, 0.6) is 0 Å². The summed E-state index contributed by atoms with van der Waals surface area (Å²) >= 11 is 3.38. The molecule has 5 rings (SSSR count). The third kappa shape index (κ3) is 4.55. The Morgan fingerprint density at radius 3 is 1.97 bits per heavy atom. The zero-order valence-electron chi connectivity index (χ0n) is 19.9. The SMILES string of the molecule is CC(C)(C)c1ccc(-c2nn(-c3ccccc3)c3nc(-c4ccc(Br)cc4)cc(C(F)(F)F)c23)cc1. The molecular formula is C29H23BrF3N3. The number of fused-ring (bicyclic) bond motifs is 1. The zero-order chi connectivity index (χ0) is 25.7. The van der Waals surface area contributed by atoms with Crippen LogP contribution in [-0.2, 0) is 11.6 Å². The van der Waals surface area contributed by atoms with Crippen molar-refractivity contribution in [1.82, 2.24) is 14.8 Å². The van der Waals surface area contributed by atoms with E-state index in [1.165, 1.54) is 4.68 Å². The first kappa shape index (κ1) is 24.3. The fraction of sp³-hybridized carbons (Fsp3) is 0.172. The second-order valence-electron chi connectivity index (χ2n) is 9.68. The van der Waals surface area contributed by atoms with Crippen molar-refractivity contribution < 1.29 is 13.2 Å².